The number of carbonyl (C=O) groups excluding carboxylic acids is 8. The van der Waals surface area contributed by atoms with Crippen molar-refractivity contribution in [2.24, 2.45) is 11.8 Å². The van der Waals surface area contributed by atoms with Gasteiger partial charge in [0.25, 0.3) is 0 Å². The number of amides is 7. The maximum atomic E-state index is 12.5. The smallest absolute Gasteiger partial charge is 0.232 e. The summed E-state index contributed by atoms with van der Waals surface area (Å²) >= 11 is 0. The number of aryl methyl sites for hydroxylation is 2. The second-order valence-corrected chi connectivity index (χ2v) is 33.7. The highest BCUT2D eigenvalue weighted by Crippen LogP contribution is 2.25. The number of Topliss-reactive ketones (excluding diaryl/α,β-unsaturated/α-hetero) is 1. The third-order valence-electron chi connectivity index (χ3n) is 21.4. The SMILES string of the molecule is CC(C)CNC(=O)C(c1ccccc1)c1ccccc1.CC(C)CNC(=O)Cc1ccccc1.CCCCCC(=O)NCc1ccccc1.CCCCCCNC(=O)Cc1ccccc1.O=C(CCCc1ccccc1)CCc1ccccc1.O=C(Cc1ccccc1)N1CCCC1.O=C(Cc1ccccc1)N1CCCCC1.O=C(Cc1ccccc1)NCc1ccccc1. The summed E-state index contributed by atoms with van der Waals surface area (Å²) in [6.45, 7) is 20.0. The third-order valence-corrected chi connectivity index (χ3v) is 21.4. The molecule has 0 aromatic heterocycles. The van der Waals surface area contributed by atoms with Gasteiger partial charge >= 0.3 is 0 Å². The minimum atomic E-state index is -0.240. The Hall–Kier alpha value is -12.6. The second-order valence-electron chi connectivity index (χ2n) is 33.7. The summed E-state index contributed by atoms with van der Waals surface area (Å²) in [5, 5.41) is 14.7. The lowest BCUT2D eigenvalue weighted by Crippen LogP contribution is -2.36. The first kappa shape index (κ1) is 106. The molecule has 2 aliphatic rings. The fourth-order valence-electron chi connectivity index (χ4n) is 14.1. The van der Waals surface area contributed by atoms with Gasteiger partial charge in [-0.05, 0) is 137 Å². The molecule has 11 aromatic carbocycles. The molecule has 2 fully saturated rings. The van der Waals surface area contributed by atoms with Gasteiger partial charge in [0.2, 0.25) is 41.4 Å². The number of ketones is 1. The summed E-state index contributed by atoms with van der Waals surface area (Å²) in [5.41, 5.74) is 12.3. The predicted octanol–water partition coefficient (Wildman–Crippen LogP) is 22.3. The van der Waals surface area contributed by atoms with E-state index in [1.807, 2.05) is 319 Å². The normalized spacial score (nSPS) is 11.5. The minimum absolute atomic E-state index is 0.0556. The van der Waals surface area contributed by atoms with E-state index in [4.69, 9.17) is 0 Å². The van der Waals surface area contributed by atoms with Crippen molar-refractivity contribution in [3.05, 3.63) is 395 Å². The summed E-state index contributed by atoms with van der Waals surface area (Å²) < 4.78 is 0. The number of carbonyl (C=O) groups is 8. The summed E-state index contributed by atoms with van der Waals surface area (Å²) in [6, 6.07) is 110. The molecule has 130 heavy (non-hydrogen) atoms. The van der Waals surface area contributed by atoms with Crippen LogP contribution in [0.25, 0.3) is 0 Å². The Kier molecular flexibility index (Phi) is 55.2. The quantitative estimate of drug-likeness (QED) is 0.0237. The molecule has 2 aliphatic heterocycles. The molecular weight excluding hydrogens is 1610 g/mol. The molecule has 0 spiro atoms. The minimum Gasteiger partial charge on any atom is -0.356 e. The van der Waals surface area contributed by atoms with Gasteiger partial charge in [0, 0.05) is 78.2 Å². The highest BCUT2D eigenvalue weighted by molar-refractivity contribution is 5.87. The summed E-state index contributed by atoms with van der Waals surface area (Å²) in [5.74, 6) is 2.16. The van der Waals surface area contributed by atoms with Crippen LogP contribution in [0.2, 0.25) is 0 Å². The van der Waals surface area contributed by atoms with Crippen molar-refractivity contribution in [2.45, 2.75) is 208 Å². The van der Waals surface area contributed by atoms with Crippen molar-refractivity contribution >= 4 is 47.1 Å². The zero-order valence-electron chi connectivity index (χ0n) is 78.3. The van der Waals surface area contributed by atoms with Crippen molar-refractivity contribution in [1.29, 1.82) is 0 Å². The molecule has 5 N–H and O–H groups in total. The molecule has 7 amide bonds. The molecule has 15 heteroatoms. The van der Waals surface area contributed by atoms with Crippen molar-refractivity contribution in [1.82, 2.24) is 36.4 Å². The van der Waals surface area contributed by atoms with Gasteiger partial charge in [0.1, 0.15) is 5.78 Å². The van der Waals surface area contributed by atoms with Gasteiger partial charge in [0.05, 0.1) is 38.0 Å². The molecule has 2 saturated heterocycles. The monoisotopic (exact) mass is 1750 g/mol. The first-order chi connectivity index (χ1) is 63.4. The number of nitrogens with zero attached hydrogens (tertiary/aromatic N) is 2. The molecular formula is C115H145N7O8. The van der Waals surface area contributed by atoms with E-state index in [9.17, 15) is 38.4 Å². The number of unbranched alkanes of at least 4 members (excludes halogenated alkanes) is 5. The van der Waals surface area contributed by atoms with Crippen LogP contribution in [-0.4, -0.2) is 103 Å². The first-order valence-corrected chi connectivity index (χ1v) is 47.3. The number of benzene rings is 11. The zero-order valence-corrected chi connectivity index (χ0v) is 78.3. The van der Waals surface area contributed by atoms with Crippen LogP contribution in [0.3, 0.4) is 0 Å². The van der Waals surface area contributed by atoms with Crippen molar-refractivity contribution in [2.75, 3.05) is 45.8 Å². The third kappa shape index (κ3) is 50.2. The van der Waals surface area contributed by atoms with E-state index in [0.717, 1.165) is 134 Å². The predicted molar refractivity (Wildman–Crippen MR) is 534 cm³/mol. The molecule has 0 radical (unpaired) electrons. The van der Waals surface area contributed by atoms with E-state index < -0.39 is 0 Å². The zero-order chi connectivity index (χ0) is 92.9. The lowest BCUT2D eigenvalue weighted by molar-refractivity contribution is -0.131. The number of likely N-dealkylation sites (tertiary alicyclic amines) is 2. The van der Waals surface area contributed by atoms with Crippen LogP contribution >= 0.6 is 0 Å². The number of piperidine rings is 1. The van der Waals surface area contributed by atoms with Gasteiger partial charge in [-0.2, -0.15) is 0 Å². The molecule has 13 rings (SSSR count). The maximum Gasteiger partial charge on any atom is 0.232 e. The van der Waals surface area contributed by atoms with Crippen LogP contribution in [0.4, 0.5) is 0 Å². The van der Waals surface area contributed by atoms with Gasteiger partial charge in [-0.1, -0.05) is 407 Å². The van der Waals surface area contributed by atoms with Crippen LogP contribution < -0.4 is 26.6 Å². The molecule has 688 valence electrons. The highest BCUT2D eigenvalue weighted by atomic mass is 16.2. The van der Waals surface area contributed by atoms with Crippen LogP contribution in [0.1, 0.15) is 211 Å². The van der Waals surface area contributed by atoms with E-state index in [1.165, 1.54) is 62.5 Å². The molecule has 0 atom stereocenters. The fourth-order valence-corrected chi connectivity index (χ4v) is 14.1. The average Bonchev–Trinajstić information content (AvgIpc) is 0.932. The number of hydrogen-bond donors (Lipinski definition) is 5. The van der Waals surface area contributed by atoms with Crippen LogP contribution in [0, 0.1) is 11.8 Å². The van der Waals surface area contributed by atoms with E-state index in [2.05, 4.69) is 92.4 Å². The topological polar surface area (TPSA) is 203 Å². The Bertz CT molecular complexity index is 4740. The van der Waals surface area contributed by atoms with E-state index in [1.54, 1.807) is 0 Å². The number of rotatable bonds is 37. The summed E-state index contributed by atoms with van der Waals surface area (Å²) in [4.78, 5) is 97.9. The first-order valence-electron chi connectivity index (χ1n) is 47.3. The molecule has 0 saturated carbocycles. The van der Waals surface area contributed by atoms with Gasteiger partial charge in [0.15, 0.2) is 0 Å². The van der Waals surface area contributed by atoms with Gasteiger partial charge in [-0.15, -0.1) is 0 Å². The molecule has 2 heterocycles. The molecule has 15 nitrogen and oxygen atoms in total. The van der Waals surface area contributed by atoms with E-state index >= 15 is 0 Å². The van der Waals surface area contributed by atoms with Crippen molar-refractivity contribution in [3.63, 3.8) is 0 Å². The highest BCUT2D eigenvalue weighted by Gasteiger charge is 2.23. The van der Waals surface area contributed by atoms with Crippen LogP contribution in [-0.2, 0) is 96.4 Å². The maximum absolute atomic E-state index is 12.5. The number of hydrogen-bond acceptors (Lipinski definition) is 8. The summed E-state index contributed by atoms with van der Waals surface area (Å²) in [7, 11) is 0. The lowest BCUT2D eigenvalue weighted by Gasteiger charge is -2.26. The van der Waals surface area contributed by atoms with Crippen molar-refractivity contribution < 1.29 is 38.4 Å². The Morgan fingerprint density at radius 2 is 0.569 bits per heavy atom. The molecule has 11 aromatic rings. The average molecular weight is 1750 g/mol. The van der Waals surface area contributed by atoms with Crippen LogP contribution in [0.15, 0.2) is 334 Å². The Labute approximate surface area is 777 Å². The van der Waals surface area contributed by atoms with Gasteiger partial charge in [-0.25, -0.2) is 0 Å². The molecule has 0 aliphatic carbocycles. The van der Waals surface area contributed by atoms with Crippen LogP contribution in [0.5, 0.6) is 0 Å². The molecule has 0 bridgehead atoms. The second kappa shape index (κ2) is 67.6. The van der Waals surface area contributed by atoms with Gasteiger partial charge in [-0.3, -0.25) is 38.4 Å². The lowest BCUT2D eigenvalue weighted by atomic mass is 9.90. The molecule has 0 unspecified atom stereocenters. The Morgan fingerprint density at radius 3 is 0.938 bits per heavy atom. The Balaban J connectivity index is 0.000000230. The standard InChI is InChI=1S/C18H21NO.C18H20O.C15H15NO.C14H21NO.C13H17NO.C13H19NO.C12H15NO.C12H17NO/c1-14(2)13-19-18(20)17(15-9-5-3-6-10-15)16-11-7-4-8-12-16;19-18(15-14-17-10-5-2-6-11-17)13-7-12-16-8-3-1-4-9-16;17-15(11-13-7-3-1-4-8-13)16-12-14-9-5-2-6-10-14;1-2-3-4-8-11-15-14(16)12-13-9-6-5-7-10-13;15-13(14-9-5-2-6-10-14)11-12-7-3-1-4-8-12;1-2-3-5-10-13(15)14-11-12-8-6-4-7-9-12;14-12(13-8-4-5-9-13)10-11-6-2-1-3-7-11;1-10(2)9-13-12(14)8-11-6-4-3-5-7-11/h3-12,14,17H,13H2,1-2H3,(H,19,20);1-6,8-11H,7,12-15H2;1-10H,11-12H2,(H,16,17);5-7,9-10H,2-4,8,11-12H2,1H3,(H,15,16);1,3-4,7-8H,2,5-6,9-11H2;4,6-9H,2-3,5,10-11H2,1H3,(H,14,15);1-3,6-7H,4-5,8-10H2;3-7,10H,8-9H2,1-2H3,(H,13,14). The summed E-state index contributed by atoms with van der Waals surface area (Å²) in [6.07, 6.45) is 21.4. The number of nitrogens with one attached hydrogen (secondary N) is 5. The van der Waals surface area contributed by atoms with E-state index in [0.29, 0.717) is 88.6 Å². The Morgan fingerprint density at radius 1 is 0.269 bits per heavy atom. The fraction of sp³-hybridized carbons (Fsp3) is 0.357. The van der Waals surface area contributed by atoms with Gasteiger partial charge < -0.3 is 36.4 Å². The van der Waals surface area contributed by atoms with E-state index in [-0.39, 0.29) is 47.3 Å². The van der Waals surface area contributed by atoms with Crippen molar-refractivity contribution in [3.8, 4) is 0 Å². The largest absolute Gasteiger partial charge is 0.356 e.